The van der Waals surface area contributed by atoms with E-state index >= 15 is 0 Å². The molecule has 0 bridgehead atoms. The van der Waals surface area contributed by atoms with Gasteiger partial charge in [0.15, 0.2) is 0 Å². The molecule has 2 aliphatic heterocycles. The third-order valence-electron chi connectivity index (χ3n) is 5.20. The number of anilines is 3. The molecule has 1 amide bonds. The first-order chi connectivity index (χ1) is 9.72. The summed E-state index contributed by atoms with van der Waals surface area (Å²) in [6, 6.07) is 4.73. The van der Waals surface area contributed by atoms with Crippen molar-refractivity contribution in [3.05, 3.63) is 17.7 Å². The van der Waals surface area contributed by atoms with Crippen molar-refractivity contribution in [2.45, 2.75) is 44.6 Å². The highest BCUT2D eigenvalue weighted by molar-refractivity contribution is 6.01. The Morgan fingerprint density at radius 2 is 2.05 bits per heavy atom. The number of amides is 1. The van der Waals surface area contributed by atoms with Crippen molar-refractivity contribution in [2.75, 3.05) is 22.5 Å². The number of rotatable bonds is 1. The largest absolute Gasteiger partial charge is 0.397 e. The molecule has 0 spiro atoms. The average molecular weight is 271 g/mol. The maximum absolute atomic E-state index is 11.5. The van der Waals surface area contributed by atoms with Crippen LogP contribution in [0.3, 0.4) is 0 Å². The Bertz CT molecular complexity index is 569. The maximum atomic E-state index is 11.5. The minimum absolute atomic E-state index is 0.0773. The van der Waals surface area contributed by atoms with Crippen molar-refractivity contribution in [2.24, 2.45) is 5.92 Å². The van der Waals surface area contributed by atoms with Crippen molar-refractivity contribution in [3.63, 3.8) is 0 Å². The van der Waals surface area contributed by atoms with Crippen molar-refractivity contribution in [1.29, 1.82) is 0 Å². The van der Waals surface area contributed by atoms with E-state index in [0.29, 0.717) is 12.5 Å². The second-order valence-corrected chi connectivity index (χ2v) is 6.39. The highest BCUT2D eigenvalue weighted by Gasteiger charge is 2.36. The molecule has 3 aliphatic rings. The molecular formula is C16H21N3O. The number of carbonyl (C=O) groups is 1. The highest BCUT2D eigenvalue weighted by atomic mass is 16.1. The number of hydrogen-bond donors (Lipinski definition) is 2. The maximum Gasteiger partial charge on any atom is 0.228 e. The van der Waals surface area contributed by atoms with Gasteiger partial charge in [0.25, 0.3) is 0 Å². The smallest absolute Gasteiger partial charge is 0.228 e. The summed E-state index contributed by atoms with van der Waals surface area (Å²) in [6.45, 7) is 1.10. The minimum Gasteiger partial charge on any atom is -0.397 e. The summed E-state index contributed by atoms with van der Waals surface area (Å²) in [7, 11) is 0. The molecule has 0 aromatic heterocycles. The SMILES string of the molecule is Nc1cc2c(cc1N1CCC3CCCCC31)NC(=O)C2. The van der Waals surface area contributed by atoms with E-state index in [1.54, 1.807) is 0 Å². The Morgan fingerprint density at radius 1 is 1.20 bits per heavy atom. The van der Waals surface area contributed by atoms with Gasteiger partial charge in [0.1, 0.15) is 0 Å². The van der Waals surface area contributed by atoms with Gasteiger partial charge in [-0.2, -0.15) is 0 Å². The summed E-state index contributed by atoms with van der Waals surface area (Å²) in [5.41, 5.74) is 10.2. The van der Waals surface area contributed by atoms with E-state index < -0.39 is 0 Å². The predicted molar refractivity (Wildman–Crippen MR) is 80.9 cm³/mol. The van der Waals surface area contributed by atoms with Gasteiger partial charge in [-0.3, -0.25) is 4.79 Å². The number of nitrogen functional groups attached to an aromatic ring is 1. The van der Waals surface area contributed by atoms with E-state index in [2.05, 4.69) is 16.3 Å². The first-order valence-corrected chi connectivity index (χ1v) is 7.71. The van der Waals surface area contributed by atoms with Gasteiger partial charge in [0, 0.05) is 18.3 Å². The molecule has 2 atom stereocenters. The molecule has 1 saturated heterocycles. The van der Waals surface area contributed by atoms with E-state index in [1.165, 1.54) is 32.1 Å². The second-order valence-electron chi connectivity index (χ2n) is 6.39. The summed E-state index contributed by atoms with van der Waals surface area (Å²) < 4.78 is 0. The van der Waals surface area contributed by atoms with Gasteiger partial charge in [0.05, 0.1) is 17.8 Å². The lowest BCUT2D eigenvalue weighted by atomic mass is 9.85. The molecule has 2 unspecified atom stereocenters. The molecule has 4 heteroatoms. The van der Waals surface area contributed by atoms with Gasteiger partial charge in [-0.1, -0.05) is 12.8 Å². The minimum atomic E-state index is 0.0773. The lowest BCUT2D eigenvalue weighted by Crippen LogP contribution is -2.35. The number of nitrogens with one attached hydrogen (secondary N) is 1. The van der Waals surface area contributed by atoms with E-state index in [9.17, 15) is 4.79 Å². The van der Waals surface area contributed by atoms with Crippen LogP contribution in [0.1, 0.15) is 37.7 Å². The number of benzene rings is 1. The molecule has 4 nitrogen and oxygen atoms in total. The quantitative estimate of drug-likeness (QED) is 0.772. The zero-order chi connectivity index (χ0) is 13.7. The molecule has 1 saturated carbocycles. The number of fused-ring (bicyclic) bond motifs is 2. The molecule has 106 valence electrons. The zero-order valence-corrected chi connectivity index (χ0v) is 11.7. The normalized spacial score (nSPS) is 28.2. The molecule has 1 aromatic rings. The van der Waals surface area contributed by atoms with Gasteiger partial charge in [-0.15, -0.1) is 0 Å². The number of nitrogens with zero attached hydrogens (tertiary/aromatic N) is 1. The second kappa shape index (κ2) is 4.40. The molecule has 1 aromatic carbocycles. The van der Waals surface area contributed by atoms with Gasteiger partial charge in [0.2, 0.25) is 5.91 Å². The molecule has 20 heavy (non-hydrogen) atoms. The zero-order valence-electron chi connectivity index (χ0n) is 11.7. The first kappa shape index (κ1) is 12.1. The summed E-state index contributed by atoms with van der Waals surface area (Å²) >= 11 is 0. The van der Waals surface area contributed by atoms with Crippen molar-refractivity contribution < 1.29 is 4.79 Å². The first-order valence-electron chi connectivity index (χ1n) is 7.71. The summed E-state index contributed by atoms with van der Waals surface area (Å²) in [5, 5.41) is 2.94. The highest BCUT2D eigenvalue weighted by Crippen LogP contribution is 2.42. The Hall–Kier alpha value is -1.71. The van der Waals surface area contributed by atoms with Crippen LogP contribution in [0.5, 0.6) is 0 Å². The van der Waals surface area contributed by atoms with Crippen molar-refractivity contribution in [1.82, 2.24) is 0 Å². The topological polar surface area (TPSA) is 58.4 Å². The number of nitrogens with two attached hydrogens (primary N) is 1. The van der Waals surface area contributed by atoms with E-state index in [-0.39, 0.29) is 5.91 Å². The summed E-state index contributed by atoms with van der Waals surface area (Å²) in [5.74, 6) is 0.916. The Labute approximate surface area is 119 Å². The fourth-order valence-corrected chi connectivity index (χ4v) is 4.24. The van der Waals surface area contributed by atoms with Crippen LogP contribution in [-0.4, -0.2) is 18.5 Å². The van der Waals surface area contributed by atoms with Crippen LogP contribution in [0.4, 0.5) is 17.1 Å². The predicted octanol–water partition coefficient (Wildman–Crippen LogP) is 2.53. The van der Waals surface area contributed by atoms with Crippen LogP contribution in [0.15, 0.2) is 12.1 Å². The Kier molecular flexibility index (Phi) is 2.65. The van der Waals surface area contributed by atoms with Gasteiger partial charge < -0.3 is 16.0 Å². The van der Waals surface area contributed by atoms with Crippen LogP contribution >= 0.6 is 0 Å². The number of carbonyl (C=O) groups excluding carboxylic acids is 1. The third-order valence-corrected chi connectivity index (χ3v) is 5.20. The van der Waals surface area contributed by atoms with E-state index in [4.69, 9.17) is 5.73 Å². The van der Waals surface area contributed by atoms with Crippen molar-refractivity contribution >= 4 is 23.0 Å². The lowest BCUT2D eigenvalue weighted by molar-refractivity contribution is -0.115. The molecule has 0 radical (unpaired) electrons. The molecular weight excluding hydrogens is 250 g/mol. The van der Waals surface area contributed by atoms with Crippen LogP contribution < -0.4 is 16.0 Å². The van der Waals surface area contributed by atoms with Crippen LogP contribution in [0, 0.1) is 5.92 Å². The van der Waals surface area contributed by atoms with Gasteiger partial charge >= 0.3 is 0 Å². The fourth-order valence-electron chi connectivity index (χ4n) is 4.24. The molecule has 2 heterocycles. The summed E-state index contributed by atoms with van der Waals surface area (Å²) in [4.78, 5) is 14.0. The van der Waals surface area contributed by atoms with Crippen molar-refractivity contribution in [3.8, 4) is 0 Å². The average Bonchev–Trinajstić information content (AvgIpc) is 3.00. The van der Waals surface area contributed by atoms with Gasteiger partial charge in [-0.25, -0.2) is 0 Å². The molecule has 1 aliphatic carbocycles. The Morgan fingerprint density at radius 3 is 2.95 bits per heavy atom. The lowest BCUT2D eigenvalue weighted by Gasteiger charge is -2.34. The summed E-state index contributed by atoms with van der Waals surface area (Å²) in [6.07, 6.45) is 7.11. The van der Waals surface area contributed by atoms with E-state index in [1.807, 2.05) is 6.07 Å². The van der Waals surface area contributed by atoms with Crippen LogP contribution in [0.2, 0.25) is 0 Å². The third kappa shape index (κ3) is 1.78. The van der Waals surface area contributed by atoms with Crippen LogP contribution in [0.25, 0.3) is 0 Å². The molecule has 4 rings (SSSR count). The monoisotopic (exact) mass is 271 g/mol. The molecule has 2 fully saturated rings. The fraction of sp³-hybridized carbons (Fsp3) is 0.562. The standard InChI is InChI=1S/C16H21N3O/c17-12-7-11-8-16(20)18-13(11)9-15(12)19-6-5-10-3-1-2-4-14(10)19/h7,9-10,14H,1-6,8,17H2,(H,18,20). The van der Waals surface area contributed by atoms with E-state index in [0.717, 1.165) is 35.1 Å². The van der Waals surface area contributed by atoms with Gasteiger partial charge in [-0.05, 0) is 42.9 Å². The number of hydrogen-bond acceptors (Lipinski definition) is 3. The molecule has 3 N–H and O–H groups in total. The van der Waals surface area contributed by atoms with Crippen LogP contribution in [-0.2, 0) is 11.2 Å². The Balaban J connectivity index is 1.69.